The average Bonchev–Trinajstić information content (AvgIpc) is 3.62. The van der Waals surface area contributed by atoms with Crippen LogP contribution >= 0.6 is 11.3 Å². The molecule has 176 valence electrons. The van der Waals surface area contributed by atoms with Crippen molar-refractivity contribution in [3.8, 4) is 0 Å². The van der Waals surface area contributed by atoms with E-state index in [-0.39, 0.29) is 30.3 Å². The van der Waals surface area contributed by atoms with Gasteiger partial charge in [0.2, 0.25) is 0 Å². The largest absolute Gasteiger partial charge is 0.457 e. The molecule has 2 aliphatic heterocycles. The standard InChI is InChI=1S/C26H21N3O5S/c30-23(27-18-6-5-17-13-33-26(32)19(17)12-18)20-14-35-24(28-20)15-7-9-29(10-8-15)25(31)22-11-16-3-1-2-4-21(16)34-22/h1-6,11-12,14-15H,7-10,13H2,(H,27,30). The number of carbonyl (C=O) groups excluding carboxylic acids is 3. The first-order chi connectivity index (χ1) is 17.0. The van der Waals surface area contributed by atoms with Crippen molar-refractivity contribution in [2.45, 2.75) is 25.4 Å². The number of ether oxygens (including phenoxy) is 1. The Balaban J connectivity index is 1.08. The Morgan fingerprint density at radius 2 is 1.91 bits per heavy atom. The fourth-order valence-corrected chi connectivity index (χ4v) is 5.51. The van der Waals surface area contributed by atoms with Crippen LogP contribution in [0, 0.1) is 0 Å². The number of thiazole rings is 1. The quantitative estimate of drug-likeness (QED) is 0.414. The SMILES string of the molecule is O=C(Nc1ccc2c(c1)C(=O)OC2)c1csc(C2CCN(C(=O)c3cc4ccccc4o3)CC2)n1. The lowest BCUT2D eigenvalue weighted by Gasteiger charge is -2.30. The molecule has 0 unspecified atom stereocenters. The van der Waals surface area contributed by atoms with Gasteiger partial charge in [-0.1, -0.05) is 24.3 Å². The molecule has 0 radical (unpaired) electrons. The van der Waals surface area contributed by atoms with E-state index in [0.717, 1.165) is 28.8 Å². The summed E-state index contributed by atoms with van der Waals surface area (Å²) in [4.78, 5) is 43.8. The summed E-state index contributed by atoms with van der Waals surface area (Å²) in [5.74, 6) is -0.251. The first-order valence-electron chi connectivity index (χ1n) is 11.4. The number of benzene rings is 2. The van der Waals surface area contributed by atoms with Crippen molar-refractivity contribution in [2.75, 3.05) is 18.4 Å². The molecular weight excluding hydrogens is 466 g/mol. The van der Waals surface area contributed by atoms with Crippen molar-refractivity contribution in [2.24, 2.45) is 0 Å². The number of esters is 1. The molecular formula is C26H21N3O5S. The second kappa shape index (κ2) is 8.66. The molecule has 8 nitrogen and oxygen atoms in total. The molecule has 0 atom stereocenters. The second-order valence-corrected chi connectivity index (χ2v) is 9.58. The van der Waals surface area contributed by atoms with Crippen LogP contribution in [0.15, 0.2) is 58.3 Å². The predicted octanol–water partition coefficient (Wildman–Crippen LogP) is 4.83. The van der Waals surface area contributed by atoms with Crippen molar-refractivity contribution in [1.29, 1.82) is 0 Å². The van der Waals surface area contributed by atoms with E-state index in [0.29, 0.717) is 41.4 Å². The van der Waals surface area contributed by atoms with Gasteiger partial charge in [0.25, 0.3) is 11.8 Å². The van der Waals surface area contributed by atoms with Gasteiger partial charge in [0, 0.05) is 41.0 Å². The molecule has 35 heavy (non-hydrogen) atoms. The zero-order chi connectivity index (χ0) is 23.9. The molecule has 4 heterocycles. The smallest absolute Gasteiger partial charge is 0.338 e. The second-order valence-electron chi connectivity index (χ2n) is 8.69. The number of amides is 2. The number of para-hydroxylation sites is 1. The maximum atomic E-state index is 12.9. The van der Waals surface area contributed by atoms with Crippen LogP contribution < -0.4 is 5.32 Å². The van der Waals surface area contributed by atoms with E-state index < -0.39 is 0 Å². The van der Waals surface area contributed by atoms with Crippen LogP contribution in [0.2, 0.25) is 0 Å². The highest BCUT2D eigenvalue weighted by Gasteiger charge is 2.28. The van der Waals surface area contributed by atoms with E-state index >= 15 is 0 Å². The van der Waals surface area contributed by atoms with Crippen LogP contribution in [0.1, 0.15) is 60.7 Å². The number of carbonyl (C=O) groups is 3. The van der Waals surface area contributed by atoms with E-state index in [2.05, 4.69) is 10.3 Å². The van der Waals surface area contributed by atoms with Gasteiger partial charge in [-0.05, 0) is 37.1 Å². The zero-order valence-corrected chi connectivity index (χ0v) is 19.5. The third kappa shape index (κ3) is 4.08. The molecule has 2 aromatic carbocycles. The number of likely N-dealkylation sites (tertiary alicyclic amines) is 1. The van der Waals surface area contributed by atoms with E-state index in [1.54, 1.807) is 29.6 Å². The van der Waals surface area contributed by atoms with Crippen LogP contribution in [0.4, 0.5) is 5.69 Å². The van der Waals surface area contributed by atoms with Crippen LogP contribution in [0.3, 0.4) is 0 Å². The Morgan fingerprint density at radius 3 is 2.74 bits per heavy atom. The van der Waals surface area contributed by atoms with Crippen molar-refractivity contribution >= 4 is 45.8 Å². The van der Waals surface area contributed by atoms with Gasteiger partial charge in [0.15, 0.2) is 5.76 Å². The van der Waals surface area contributed by atoms with Crippen LogP contribution in [-0.4, -0.2) is 40.8 Å². The molecule has 1 saturated heterocycles. The lowest BCUT2D eigenvalue weighted by Crippen LogP contribution is -2.37. The molecule has 1 N–H and O–H groups in total. The molecule has 0 saturated carbocycles. The number of hydrogen-bond donors (Lipinski definition) is 1. The zero-order valence-electron chi connectivity index (χ0n) is 18.7. The highest BCUT2D eigenvalue weighted by Crippen LogP contribution is 2.32. The van der Waals surface area contributed by atoms with Gasteiger partial charge < -0.3 is 19.4 Å². The number of rotatable bonds is 4. The van der Waals surface area contributed by atoms with Gasteiger partial charge in [0.05, 0.1) is 10.6 Å². The Bertz CT molecular complexity index is 1430. The Morgan fingerprint density at radius 1 is 1.09 bits per heavy atom. The number of fused-ring (bicyclic) bond motifs is 2. The molecule has 1 fully saturated rings. The molecule has 0 aliphatic carbocycles. The van der Waals surface area contributed by atoms with E-state index in [4.69, 9.17) is 9.15 Å². The fourth-order valence-electron chi connectivity index (χ4n) is 4.54. The number of hydrogen-bond acceptors (Lipinski definition) is 7. The van der Waals surface area contributed by atoms with E-state index in [1.165, 1.54) is 11.3 Å². The summed E-state index contributed by atoms with van der Waals surface area (Å²) in [5.41, 5.74) is 2.87. The summed E-state index contributed by atoms with van der Waals surface area (Å²) in [6.07, 6.45) is 1.54. The van der Waals surface area contributed by atoms with Gasteiger partial charge in [-0.2, -0.15) is 0 Å². The lowest BCUT2D eigenvalue weighted by molar-refractivity contribution is 0.0534. The summed E-state index contributed by atoms with van der Waals surface area (Å²) in [5, 5.41) is 6.37. The number of nitrogens with zero attached hydrogens (tertiary/aromatic N) is 2. The van der Waals surface area contributed by atoms with Crippen LogP contribution in [0.5, 0.6) is 0 Å². The first kappa shape index (κ1) is 21.5. The minimum absolute atomic E-state index is 0.0999. The molecule has 2 aliphatic rings. The minimum Gasteiger partial charge on any atom is -0.457 e. The summed E-state index contributed by atoms with van der Waals surface area (Å²) >= 11 is 1.46. The van der Waals surface area contributed by atoms with Gasteiger partial charge in [0.1, 0.15) is 17.9 Å². The van der Waals surface area contributed by atoms with Gasteiger partial charge >= 0.3 is 5.97 Å². The Kier molecular flexibility index (Phi) is 5.33. The van der Waals surface area contributed by atoms with Crippen molar-refractivity contribution in [1.82, 2.24) is 9.88 Å². The Hall–Kier alpha value is -3.98. The summed E-state index contributed by atoms with van der Waals surface area (Å²) in [6, 6.07) is 14.5. The van der Waals surface area contributed by atoms with Crippen molar-refractivity contribution < 1.29 is 23.5 Å². The molecule has 0 spiro atoms. The van der Waals surface area contributed by atoms with Crippen molar-refractivity contribution in [3.05, 3.63) is 81.5 Å². The maximum Gasteiger partial charge on any atom is 0.338 e. The molecule has 2 aromatic heterocycles. The summed E-state index contributed by atoms with van der Waals surface area (Å²) in [7, 11) is 0. The van der Waals surface area contributed by atoms with Gasteiger partial charge in [-0.25, -0.2) is 9.78 Å². The fraction of sp³-hybridized carbons (Fsp3) is 0.231. The number of anilines is 1. The number of aromatic nitrogens is 1. The lowest BCUT2D eigenvalue weighted by atomic mass is 9.97. The predicted molar refractivity (Wildman–Crippen MR) is 130 cm³/mol. The van der Waals surface area contributed by atoms with Gasteiger partial charge in [-0.15, -0.1) is 11.3 Å². The molecule has 9 heteroatoms. The van der Waals surface area contributed by atoms with E-state index in [1.807, 2.05) is 29.2 Å². The summed E-state index contributed by atoms with van der Waals surface area (Å²) < 4.78 is 10.7. The molecule has 0 bridgehead atoms. The average molecular weight is 488 g/mol. The first-order valence-corrected chi connectivity index (χ1v) is 12.3. The number of furan rings is 1. The minimum atomic E-state index is -0.378. The number of piperidine rings is 1. The third-order valence-electron chi connectivity index (χ3n) is 6.47. The molecule has 6 rings (SSSR count). The normalized spacial score (nSPS) is 15.8. The third-order valence-corrected chi connectivity index (χ3v) is 7.48. The van der Waals surface area contributed by atoms with Crippen LogP contribution in [0.25, 0.3) is 11.0 Å². The molecule has 2 amide bonds. The highest BCUT2D eigenvalue weighted by molar-refractivity contribution is 7.10. The monoisotopic (exact) mass is 487 g/mol. The van der Waals surface area contributed by atoms with Crippen LogP contribution in [-0.2, 0) is 11.3 Å². The topological polar surface area (TPSA) is 102 Å². The number of cyclic esters (lactones) is 1. The summed E-state index contributed by atoms with van der Waals surface area (Å²) in [6.45, 7) is 1.47. The molecule has 4 aromatic rings. The van der Waals surface area contributed by atoms with E-state index in [9.17, 15) is 14.4 Å². The highest BCUT2D eigenvalue weighted by atomic mass is 32.1. The van der Waals surface area contributed by atoms with Gasteiger partial charge in [-0.3, -0.25) is 9.59 Å². The maximum absolute atomic E-state index is 12.9. The Labute approximate surface area is 204 Å². The van der Waals surface area contributed by atoms with Crippen molar-refractivity contribution in [3.63, 3.8) is 0 Å². The number of nitrogens with one attached hydrogen (secondary N) is 1.